The lowest BCUT2D eigenvalue weighted by Gasteiger charge is -2.26. The standard InChI is InChI=1S/C26H31N3O5/c1-16-12-29(13-21(16)25(31)32)24(30)23(14-28(2)3)27-26(33)34-15-22-19-10-6-4-8-17(19)18-9-5-7-11-20(18)22/h4-11,16,21-23H,12-15H2,1-3H3,(H,27,33)(H,31,32)/t16-,21-,23+/m1/s1. The number of ether oxygens (including phenoxy) is 1. The molecule has 0 aromatic heterocycles. The van der Waals surface area contributed by atoms with Crippen LogP contribution in [0.25, 0.3) is 11.1 Å². The number of amides is 2. The first-order valence-electron chi connectivity index (χ1n) is 11.5. The molecule has 3 atom stereocenters. The summed E-state index contributed by atoms with van der Waals surface area (Å²) in [6, 6.07) is 15.4. The highest BCUT2D eigenvalue weighted by Gasteiger charge is 2.39. The van der Waals surface area contributed by atoms with Gasteiger partial charge in [-0.2, -0.15) is 0 Å². The number of hydrogen-bond acceptors (Lipinski definition) is 5. The number of carbonyl (C=O) groups is 3. The fourth-order valence-corrected chi connectivity index (χ4v) is 5.02. The summed E-state index contributed by atoms with van der Waals surface area (Å²) < 4.78 is 5.61. The normalized spacial score (nSPS) is 20.1. The number of nitrogens with one attached hydrogen (secondary N) is 1. The summed E-state index contributed by atoms with van der Waals surface area (Å²) in [5.74, 6) is -2.01. The average Bonchev–Trinajstić information content (AvgIpc) is 3.35. The van der Waals surface area contributed by atoms with Crippen LogP contribution in [0.1, 0.15) is 24.0 Å². The summed E-state index contributed by atoms with van der Waals surface area (Å²) in [7, 11) is 3.62. The van der Waals surface area contributed by atoms with Crippen molar-refractivity contribution in [2.24, 2.45) is 11.8 Å². The molecule has 1 heterocycles. The molecule has 0 saturated carbocycles. The number of carboxylic acids is 1. The molecule has 0 radical (unpaired) electrons. The van der Waals surface area contributed by atoms with Crippen LogP contribution >= 0.6 is 0 Å². The minimum Gasteiger partial charge on any atom is -0.481 e. The molecule has 1 saturated heterocycles. The zero-order valence-corrected chi connectivity index (χ0v) is 19.7. The Labute approximate surface area is 199 Å². The van der Waals surface area contributed by atoms with E-state index in [9.17, 15) is 19.5 Å². The second-order valence-electron chi connectivity index (χ2n) is 9.45. The lowest BCUT2D eigenvalue weighted by Crippen LogP contribution is -2.52. The third-order valence-corrected chi connectivity index (χ3v) is 6.72. The Morgan fingerprint density at radius 2 is 1.65 bits per heavy atom. The van der Waals surface area contributed by atoms with Gasteiger partial charge in [0.05, 0.1) is 5.92 Å². The van der Waals surface area contributed by atoms with Crippen molar-refractivity contribution in [3.8, 4) is 11.1 Å². The van der Waals surface area contributed by atoms with Gasteiger partial charge in [0, 0.05) is 25.6 Å². The second-order valence-corrected chi connectivity index (χ2v) is 9.45. The number of likely N-dealkylation sites (tertiary alicyclic amines) is 1. The maximum Gasteiger partial charge on any atom is 0.407 e. The van der Waals surface area contributed by atoms with Crippen molar-refractivity contribution in [2.75, 3.05) is 40.3 Å². The van der Waals surface area contributed by atoms with Gasteiger partial charge in [0.1, 0.15) is 12.6 Å². The lowest BCUT2D eigenvalue weighted by atomic mass is 9.98. The Morgan fingerprint density at radius 1 is 1.06 bits per heavy atom. The van der Waals surface area contributed by atoms with Crippen LogP contribution in [0.2, 0.25) is 0 Å². The second kappa shape index (κ2) is 9.85. The van der Waals surface area contributed by atoms with Gasteiger partial charge in [-0.05, 0) is 42.3 Å². The average molecular weight is 466 g/mol. The maximum atomic E-state index is 13.2. The molecule has 8 nitrogen and oxygen atoms in total. The molecule has 2 aromatic rings. The number of hydrogen-bond donors (Lipinski definition) is 2. The van der Waals surface area contributed by atoms with E-state index in [1.54, 1.807) is 4.90 Å². The summed E-state index contributed by atoms with van der Waals surface area (Å²) in [5.41, 5.74) is 4.51. The topological polar surface area (TPSA) is 99.2 Å². The van der Waals surface area contributed by atoms with Gasteiger partial charge in [0.2, 0.25) is 5.91 Å². The zero-order chi connectivity index (χ0) is 24.4. The predicted molar refractivity (Wildman–Crippen MR) is 127 cm³/mol. The third-order valence-electron chi connectivity index (χ3n) is 6.72. The minimum absolute atomic E-state index is 0.0723. The van der Waals surface area contributed by atoms with Crippen molar-refractivity contribution in [3.63, 3.8) is 0 Å². The van der Waals surface area contributed by atoms with Crippen LogP contribution in [0.3, 0.4) is 0 Å². The van der Waals surface area contributed by atoms with Gasteiger partial charge in [-0.3, -0.25) is 9.59 Å². The van der Waals surface area contributed by atoms with E-state index in [1.165, 1.54) is 4.90 Å². The van der Waals surface area contributed by atoms with E-state index in [4.69, 9.17) is 4.74 Å². The fraction of sp³-hybridized carbons (Fsp3) is 0.423. The molecule has 0 unspecified atom stereocenters. The largest absolute Gasteiger partial charge is 0.481 e. The number of likely N-dealkylation sites (N-methyl/N-ethyl adjacent to an activating group) is 1. The molecule has 1 aliphatic carbocycles. The van der Waals surface area contributed by atoms with Crippen molar-refractivity contribution in [2.45, 2.75) is 18.9 Å². The molecule has 2 amide bonds. The molecule has 0 spiro atoms. The number of carbonyl (C=O) groups excluding carboxylic acids is 2. The van der Waals surface area contributed by atoms with Crippen molar-refractivity contribution in [1.82, 2.24) is 15.1 Å². The number of nitrogens with zero attached hydrogens (tertiary/aromatic N) is 2. The number of rotatable bonds is 7. The van der Waals surface area contributed by atoms with E-state index < -0.39 is 24.0 Å². The first-order chi connectivity index (χ1) is 16.3. The van der Waals surface area contributed by atoms with Crippen LogP contribution in [-0.2, 0) is 14.3 Å². The van der Waals surface area contributed by atoms with Gasteiger partial charge in [-0.15, -0.1) is 0 Å². The van der Waals surface area contributed by atoms with Gasteiger partial charge in [0.25, 0.3) is 0 Å². The molecular formula is C26H31N3O5. The smallest absolute Gasteiger partial charge is 0.407 e. The van der Waals surface area contributed by atoms with Crippen molar-refractivity contribution in [1.29, 1.82) is 0 Å². The molecule has 1 fully saturated rings. The van der Waals surface area contributed by atoms with E-state index in [1.807, 2.05) is 57.4 Å². The molecular weight excluding hydrogens is 434 g/mol. The van der Waals surface area contributed by atoms with Gasteiger partial charge in [-0.1, -0.05) is 55.5 Å². The number of benzene rings is 2. The number of carboxylic acid groups (broad SMARTS) is 1. The van der Waals surface area contributed by atoms with E-state index >= 15 is 0 Å². The predicted octanol–water partition coefficient (Wildman–Crippen LogP) is 2.63. The molecule has 8 heteroatoms. The summed E-state index contributed by atoms with van der Waals surface area (Å²) >= 11 is 0. The highest BCUT2D eigenvalue weighted by atomic mass is 16.5. The first-order valence-corrected chi connectivity index (χ1v) is 11.5. The maximum absolute atomic E-state index is 13.2. The molecule has 4 rings (SSSR count). The van der Waals surface area contributed by atoms with Crippen molar-refractivity contribution < 1.29 is 24.2 Å². The van der Waals surface area contributed by atoms with Crippen LogP contribution in [-0.4, -0.2) is 79.3 Å². The van der Waals surface area contributed by atoms with E-state index in [2.05, 4.69) is 17.4 Å². The van der Waals surface area contributed by atoms with Gasteiger partial charge in [-0.25, -0.2) is 4.79 Å². The van der Waals surface area contributed by atoms with Crippen molar-refractivity contribution >= 4 is 18.0 Å². The molecule has 2 aromatic carbocycles. The first kappa shape index (κ1) is 23.8. The highest BCUT2D eigenvalue weighted by molar-refractivity contribution is 5.87. The lowest BCUT2D eigenvalue weighted by molar-refractivity contribution is -0.142. The van der Waals surface area contributed by atoms with Crippen LogP contribution in [0.4, 0.5) is 4.79 Å². The van der Waals surface area contributed by atoms with E-state index in [0.29, 0.717) is 6.54 Å². The monoisotopic (exact) mass is 465 g/mol. The summed E-state index contributed by atoms with van der Waals surface area (Å²) in [6.45, 7) is 2.76. The fourth-order valence-electron chi connectivity index (χ4n) is 5.02. The van der Waals surface area contributed by atoms with Crippen LogP contribution in [0.5, 0.6) is 0 Å². The number of aliphatic carboxylic acids is 1. The number of alkyl carbamates (subject to hydrolysis) is 1. The number of fused-ring (bicyclic) bond motifs is 3. The Balaban J connectivity index is 1.42. The van der Waals surface area contributed by atoms with Crippen LogP contribution in [0, 0.1) is 11.8 Å². The zero-order valence-electron chi connectivity index (χ0n) is 19.7. The van der Waals surface area contributed by atoms with Crippen molar-refractivity contribution in [3.05, 3.63) is 59.7 Å². The van der Waals surface area contributed by atoms with Gasteiger partial charge < -0.3 is 25.0 Å². The van der Waals surface area contributed by atoms with Gasteiger partial charge >= 0.3 is 12.1 Å². The molecule has 180 valence electrons. The van der Waals surface area contributed by atoms with E-state index in [-0.39, 0.29) is 37.4 Å². The quantitative estimate of drug-likeness (QED) is 0.652. The summed E-state index contributed by atoms with van der Waals surface area (Å²) in [6.07, 6.45) is -0.663. The van der Waals surface area contributed by atoms with E-state index in [0.717, 1.165) is 22.3 Å². The Kier molecular flexibility index (Phi) is 6.88. The summed E-state index contributed by atoms with van der Waals surface area (Å²) in [5, 5.41) is 12.1. The molecule has 2 N–H and O–H groups in total. The van der Waals surface area contributed by atoms with Crippen LogP contribution in [0.15, 0.2) is 48.5 Å². The molecule has 34 heavy (non-hydrogen) atoms. The Hall–Kier alpha value is -3.39. The third kappa shape index (κ3) is 4.77. The van der Waals surface area contributed by atoms with Gasteiger partial charge in [0.15, 0.2) is 0 Å². The SMILES string of the molecule is C[C@@H]1CN(C(=O)[C@H](CN(C)C)NC(=O)OCC2c3ccccc3-c3ccccc32)C[C@H]1C(=O)O. The minimum atomic E-state index is -0.906. The Bertz CT molecular complexity index is 1040. The summed E-state index contributed by atoms with van der Waals surface area (Å²) in [4.78, 5) is 40.7. The highest BCUT2D eigenvalue weighted by Crippen LogP contribution is 2.44. The molecule has 1 aliphatic heterocycles. The van der Waals surface area contributed by atoms with Crippen LogP contribution < -0.4 is 5.32 Å². The molecule has 2 aliphatic rings. The molecule has 0 bridgehead atoms. The Morgan fingerprint density at radius 3 is 2.18 bits per heavy atom.